The van der Waals surface area contributed by atoms with E-state index < -0.39 is 5.97 Å². The summed E-state index contributed by atoms with van der Waals surface area (Å²) >= 11 is 0. The summed E-state index contributed by atoms with van der Waals surface area (Å²) in [4.78, 5) is 19.6. The van der Waals surface area contributed by atoms with Crippen LogP contribution in [0.2, 0.25) is 0 Å². The van der Waals surface area contributed by atoms with Crippen LogP contribution in [0.1, 0.15) is 21.2 Å². The van der Waals surface area contributed by atoms with Gasteiger partial charge in [0.2, 0.25) is 0 Å². The van der Waals surface area contributed by atoms with Crippen LogP contribution in [0.25, 0.3) is 0 Å². The Morgan fingerprint density at radius 3 is 2.67 bits per heavy atom. The molecule has 48 valence electrons. The van der Waals surface area contributed by atoms with Crippen molar-refractivity contribution in [2.75, 3.05) is 0 Å². The molecule has 0 saturated heterocycles. The molecule has 0 spiro atoms. The molecule has 0 radical (unpaired) electrons. The molecule has 0 bridgehead atoms. The Morgan fingerprint density at radius 1 is 1.78 bits per heavy atom. The molecule has 0 atom stereocenters. The molecule has 0 amide bonds. The van der Waals surface area contributed by atoms with E-state index >= 15 is 0 Å². The summed E-state index contributed by atoms with van der Waals surface area (Å²) in [5.74, 6) is -0.456. The second kappa shape index (κ2) is 8.78. The Morgan fingerprint density at radius 2 is 2.33 bits per heavy atom. The van der Waals surface area contributed by atoms with Crippen LogP contribution in [0.5, 0.6) is 0 Å². The van der Waals surface area contributed by atoms with E-state index in [0.717, 1.165) is 0 Å². The minimum absolute atomic E-state index is 0. The van der Waals surface area contributed by atoms with Crippen LogP contribution in [-0.4, -0.2) is 12.4 Å². The van der Waals surface area contributed by atoms with Crippen LogP contribution >= 0.6 is 0 Å². The average molecular weight is 156 g/mol. The molecule has 0 aliphatic rings. The van der Waals surface area contributed by atoms with Crippen LogP contribution in [-0.2, 0) is 14.3 Å². The largest absolute Gasteiger partial charge is 1.00 e. The number of ether oxygens (including phenoxy) is 1. The Balaban J connectivity index is -0.000000245. The van der Waals surface area contributed by atoms with Crippen LogP contribution in [0.15, 0.2) is 0 Å². The molecule has 0 N–H and O–H groups in total. The van der Waals surface area contributed by atoms with Crippen LogP contribution in [0, 0.1) is 0 Å². The van der Waals surface area contributed by atoms with Crippen molar-refractivity contribution in [2.45, 2.75) is 19.8 Å². The van der Waals surface area contributed by atoms with E-state index in [9.17, 15) is 9.59 Å². The number of rotatable bonds is 3. The third-order valence-corrected chi connectivity index (χ3v) is 0.634. The molecule has 0 aliphatic heterocycles. The van der Waals surface area contributed by atoms with E-state index in [1.807, 2.05) is 6.92 Å². The van der Waals surface area contributed by atoms with Crippen LogP contribution in [0.4, 0.5) is 0 Å². The average Bonchev–Trinajstić information content (AvgIpc) is 1.68. The van der Waals surface area contributed by atoms with Gasteiger partial charge in [0.15, 0.2) is 0 Å². The van der Waals surface area contributed by atoms with Crippen molar-refractivity contribution in [3.05, 3.63) is 0 Å². The summed E-state index contributed by atoms with van der Waals surface area (Å²) in [5.41, 5.74) is 0. The molecule has 0 unspecified atom stereocenters. The summed E-state index contributed by atoms with van der Waals surface area (Å²) in [6.07, 6.45) is 1.03. The van der Waals surface area contributed by atoms with Crippen molar-refractivity contribution >= 4 is 12.4 Å². The molecule has 0 aromatic carbocycles. The molecule has 3 nitrogen and oxygen atoms in total. The molecular weight excluding hydrogens is 147 g/mol. The van der Waals surface area contributed by atoms with Gasteiger partial charge in [-0.15, -0.1) is 0 Å². The zero-order chi connectivity index (χ0) is 6.41. The second-order valence-electron chi connectivity index (χ2n) is 1.34. The van der Waals surface area contributed by atoms with Crippen molar-refractivity contribution in [1.82, 2.24) is 0 Å². The van der Waals surface area contributed by atoms with Gasteiger partial charge in [0, 0.05) is 6.42 Å². The van der Waals surface area contributed by atoms with Crippen LogP contribution in [0.3, 0.4) is 0 Å². The fourth-order valence-electron chi connectivity index (χ4n) is 0.317. The molecule has 0 saturated carbocycles. The van der Waals surface area contributed by atoms with Gasteiger partial charge in [-0.05, 0) is 6.42 Å². The normalized spacial score (nSPS) is 7.22. The Kier molecular flexibility index (Phi) is 12.1. The molecule has 0 aromatic rings. The van der Waals surface area contributed by atoms with Gasteiger partial charge in [0.05, 0.1) is 0 Å². The van der Waals surface area contributed by atoms with E-state index in [1.54, 1.807) is 0 Å². The standard InChI is InChI=1S/C5H8O3.K.H/c1-2-3-5(7)8-4-6;;/h4H,2-3H2,1H3;;/q;+1;-1. The molecule has 9 heavy (non-hydrogen) atoms. The summed E-state index contributed by atoms with van der Waals surface area (Å²) in [5, 5.41) is 0. The Hall–Kier alpha value is 0.776. The third kappa shape index (κ3) is 8.78. The maximum atomic E-state index is 10.2. The first-order valence-electron chi connectivity index (χ1n) is 2.44. The van der Waals surface area contributed by atoms with Crippen molar-refractivity contribution in [3.63, 3.8) is 0 Å². The van der Waals surface area contributed by atoms with Gasteiger partial charge in [-0.25, -0.2) is 0 Å². The third-order valence-electron chi connectivity index (χ3n) is 0.634. The number of esters is 1. The quantitative estimate of drug-likeness (QED) is 0.198. The molecule has 4 heteroatoms. The van der Waals surface area contributed by atoms with Gasteiger partial charge in [-0.3, -0.25) is 9.59 Å². The predicted molar refractivity (Wildman–Crippen MR) is 28.2 cm³/mol. The topological polar surface area (TPSA) is 43.4 Å². The summed E-state index contributed by atoms with van der Waals surface area (Å²) in [7, 11) is 0. The van der Waals surface area contributed by atoms with Crippen LogP contribution < -0.4 is 51.4 Å². The van der Waals surface area contributed by atoms with Crippen molar-refractivity contribution in [1.29, 1.82) is 0 Å². The molecule has 0 heterocycles. The number of hydrogen-bond donors (Lipinski definition) is 0. The smallest absolute Gasteiger partial charge is 1.00 e. The number of carbonyl (C=O) groups excluding carboxylic acids is 2. The van der Waals surface area contributed by atoms with Gasteiger partial charge < -0.3 is 6.16 Å². The summed E-state index contributed by atoms with van der Waals surface area (Å²) in [6, 6.07) is 0. The van der Waals surface area contributed by atoms with Gasteiger partial charge in [-0.1, -0.05) is 6.92 Å². The first-order chi connectivity index (χ1) is 3.81. The zero-order valence-corrected chi connectivity index (χ0v) is 8.84. The first kappa shape index (κ1) is 12.5. The first-order valence-corrected chi connectivity index (χ1v) is 2.44. The minimum Gasteiger partial charge on any atom is -1.00 e. The fourth-order valence-corrected chi connectivity index (χ4v) is 0.317. The number of carbonyl (C=O) groups is 2. The molecule has 0 aromatic heterocycles. The van der Waals surface area contributed by atoms with Gasteiger partial charge in [-0.2, -0.15) is 0 Å². The summed E-state index contributed by atoms with van der Waals surface area (Å²) in [6.45, 7) is 1.99. The van der Waals surface area contributed by atoms with Crippen molar-refractivity contribution in [3.8, 4) is 0 Å². The van der Waals surface area contributed by atoms with E-state index in [2.05, 4.69) is 4.74 Å². The maximum Gasteiger partial charge on any atom is 1.00 e. The monoisotopic (exact) mass is 156 g/mol. The Labute approximate surface area is 98.0 Å². The Bertz CT molecular complexity index is 96.9. The summed E-state index contributed by atoms with van der Waals surface area (Å²) < 4.78 is 3.96. The van der Waals surface area contributed by atoms with Gasteiger partial charge in [0.25, 0.3) is 0 Å². The maximum absolute atomic E-state index is 10.2. The van der Waals surface area contributed by atoms with Crippen molar-refractivity contribution in [2.24, 2.45) is 0 Å². The second-order valence-corrected chi connectivity index (χ2v) is 1.34. The van der Waals surface area contributed by atoms with Crippen molar-refractivity contribution < 1.29 is 67.1 Å². The SMILES string of the molecule is CCCC(=O)OC=O.[H-].[K+]. The van der Waals surface area contributed by atoms with E-state index in [1.165, 1.54) is 0 Å². The minimum atomic E-state index is -0.456. The van der Waals surface area contributed by atoms with Gasteiger partial charge in [0.1, 0.15) is 0 Å². The van der Waals surface area contributed by atoms with E-state index in [-0.39, 0.29) is 59.3 Å². The molecule has 0 fully saturated rings. The molecule has 0 rings (SSSR count). The van der Waals surface area contributed by atoms with E-state index in [0.29, 0.717) is 12.8 Å². The van der Waals surface area contributed by atoms with E-state index in [4.69, 9.17) is 0 Å². The molecular formula is C5H9KO3. The predicted octanol–water partition coefficient (Wildman–Crippen LogP) is -2.40. The molecule has 0 aliphatic carbocycles. The van der Waals surface area contributed by atoms with Gasteiger partial charge >= 0.3 is 63.8 Å². The fraction of sp³-hybridized carbons (Fsp3) is 0.600. The number of hydrogen-bond acceptors (Lipinski definition) is 3. The zero-order valence-electron chi connectivity index (χ0n) is 6.72.